The number of hydrogen-bond donors (Lipinski definition) is 1. The Kier molecular flexibility index (Phi) is 9.85. The molecule has 0 amide bonds. The van der Waals surface area contributed by atoms with Gasteiger partial charge in [0, 0.05) is 12.1 Å². The van der Waals surface area contributed by atoms with E-state index in [0.29, 0.717) is 12.1 Å². The second kappa shape index (κ2) is 9.90. The summed E-state index contributed by atoms with van der Waals surface area (Å²) < 4.78 is 0. The fraction of sp³-hybridized carbons (Fsp3) is 1.00. The van der Waals surface area contributed by atoms with Crippen molar-refractivity contribution >= 4 is 0 Å². The fourth-order valence-electron chi connectivity index (χ4n) is 2.51. The van der Waals surface area contributed by atoms with Gasteiger partial charge in [-0.05, 0) is 58.7 Å². The van der Waals surface area contributed by atoms with Crippen LogP contribution in [0.5, 0.6) is 0 Å². The maximum atomic E-state index is 3.70. The predicted octanol–water partition coefficient (Wildman–Crippen LogP) is 3.52. The van der Waals surface area contributed by atoms with Gasteiger partial charge in [0.25, 0.3) is 0 Å². The Morgan fingerprint density at radius 2 is 1.53 bits per heavy atom. The molecule has 0 heterocycles. The average Bonchev–Trinajstić information content (AvgIpc) is 2.23. The molecule has 1 N–H and O–H groups in total. The number of nitrogens with one attached hydrogen (secondary N) is 1. The van der Waals surface area contributed by atoms with E-state index in [0.717, 1.165) is 5.92 Å². The van der Waals surface area contributed by atoms with Crippen LogP contribution in [0.15, 0.2) is 0 Å². The Labute approximate surface area is 109 Å². The lowest BCUT2D eigenvalue weighted by Crippen LogP contribution is -2.36. The van der Waals surface area contributed by atoms with Gasteiger partial charge in [0.05, 0.1) is 0 Å². The molecule has 0 bridgehead atoms. The van der Waals surface area contributed by atoms with Gasteiger partial charge >= 0.3 is 0 Å². The van der Waals surface area contributed by atoms with Gasteiger partial charge in [0.2, 0.25) is 0 Å². The van der Waals surface area contributed by atoms with Crippen LogP contribution >= 0.6 is 0 Å². The summed E-state index contributed by atoms with van der Waals surface area (Å²) in [7, 11) is 0. The van der Waals surface area contributed by atoms with Crippen LogP contribution in [0.4, 0.5) is 0 Å². The Morgan fingerprint density at radius 3 is 2.00 bits per heavy atom. The molecule has 2 atom stereocenters. The average molecular weight is 242 g/mol. The van der Waals surface area contributed by atoms with E-state index in [4.69, 9.17) is 0 Å². The van der Waals surface area contributed by atoms with E-state index in [1.165, 1.54) is 38.9 Å². The van der Waals surface area contributed by atoms with Crippen LogP contribution in [-0.2, 0) is 0 Å². The lowest BCUT2D eigenvalue weighted by molar-refractivity contribution is 0.286. The van der Waals surface area contributed by atoms with Crippen molar-refractivity contribution in [3.63, 3.8) is 0 Å². The first kappa shape index (κ1) is 16.9. The third-order valence-corrected chi connectivity index (χ3v) is 3.40. The van der Waals surface area contributed by atoms with Crippen molar-refractivity contribution in [1.29, 1.82) is 0 Å². The van der Waals surface area contributed by atoms with E-state index in [1.807, 2.05) is 0 Å². The first-order valence-corrected chi connectivity index (χ1v) is 7.47. The molecule has 0 fully saturated rings. The lowest BCUT2D eigenvalue weighted by Gasteiger charge is -2.23. The van der Waals surface area contributed by atoms with Crippen molar-refractivity contribution < 1.29 is 0 Å². The molecule has 2 heteroatoms. The Hall–Kier alpha value is -0.0800. The third-order valence-electron chi connectivity index (χ3n) is 3.40. The van der Waals surface area contributed by atoms with E-state index in [2.05, 4.69) is 51.8 Å². The topological polar surface area (TPSA) is 15.3 Å². The molecule has 17 heavy (non-hydrogen) atoms. The SMILES string of the molecule is CCN(CC)CCCC(C)NC(C)CC(C)C. The monoisotopic (exact) mass is 242 g/mol. The first-order chi connectivity index (χ1) is 7.99. The van der Waals surface area contributed by atoms with Gasteiger partial charge in [-0.15, -0.1) is 0 Å². The van der Waals surface area contributed by atoms with Crippen molar-refractivity contribution in [3.05, 3.63) is 0 Å². The van der Waals surface area contributed by atoms with E-state index in [9.17, 15) is 0 Å². The first-order valence-electron chi connectivity index (χ1n) is 7.47. The molecule has 0 aliphatic rings. The number of hydrogen-bond acceptors (Lipinski definition) is 2. The minimum absolute atomic E-state index is 0.651. The molecule has 2 unspecified atom stereocenters. The molecule has 2 nitrogen and oxygen atoms in total. The van der Waals surface area contributed by atoms with Crippen LogP contribution in [0.25, 0.3) is 0 Å². The van der Waals surface area contributed by atoms with E-state index in [-0.39, 0.29) is 0 Å². The summed E-state index contributed by atoms with van der Waals surface area (Å²) in [4.78, 5) is 2.50. The number of rotatable bonds is 10. The summed E-state index contributed by atoms with van der Waals surface area (Å²) >= 11 is 0. The highest BCUT2D eigenvalue weighted by Gasteiger charge is 2.09. The second-order valence-electron chi connectivity index (χ2n) is 5.77. The molecule has 104 valence electrons. The summed E-state index contributed by atoms with van der Waals surface area (Å²) in [6.45, 7) is 17.3. The van der Waals surface area contributed by atoms with E-state index in [1.54, 1.807) is 0 Å². The predicted molar refractivity (Wildman–Crippen MR) is 78.5 cm³/mol. The molecule has 0 saturated carbocycles. The van der Waals surface area contributed by atoms with Gasteiger partial charge in [0.15, 0.2) is 0 Å². The summed E-state index contributed by atoms with van der Waals surface area (Å²) in [6.07, 6.45) is 3.88. The molecule has 0 radical (unpaired) electrons. The summed E-state index contributed by atoms with van der Waals surface area (Å²) in [5, 5.41) is 3.70. The molecular weight excluding hydrogens is 208 g/mol. The minimum atomic E-state index is 0.651. The van der Waals surface area contributed by atoms with Crippen LogP contribution in [-0.4, -0.2) is 36.6 Å². The quantitative estimate of drug-likeness (QED) is 0.630. The van der Waals surface area contributed by atoms with Gasteiger partial charge in [-0.1, -0.05) is 27.7 Å². The van der Waals surface area contributed by atoms with Gasteiger partial charge in [0.1, 0.15) is 0 Å². The van der Waals surface area contributed by atoms with Crippen LogP contribution < -0.4 is 5.32 Å². The molecule has 0 aliphatic heterocycles. The van der Waals surface area contributed by atoms with Crippen molar-refractivity contribution in [2.24, 2.45) is 5.92 Å². The third kappa shape index (κ3) is 9.61. The van der Waals surface area contributed by atoms with E-state index < -0.39 is 0 Å². The zero-order valence-corrected chi connectivity index (χ0v) is 12.9. The van der Waals surface area contributed by atoms with Crippen LogP contribution in [0, 0.1) is 5.92 Å². The number of nitrogens with zero attached hydrogens (tertiary/aromatic N) is 1. The highest BCUT2D eigenvalue weighted by Crippen LogP contribution is 2.06. The molecule has 0 aromatic rings. The highest BCUT2D eigenvalue weighted by molar-refractivity contribution is 4.69. The Balaban J connectivity index is 3.61. The van der Waals surface area contributed by atoms with Gasteiger partial charge in [-0.2, -0.15) is 0 Å². The molecule has 0 aromatic carbocycles. The summed E-state index contributed by atoms with van der Waals surface area (Å²) in [6, 6.07) is 1.30. The van der Waals surface area contributed by atoms with Gasteiger partial charge in [-0.25, -0.2) is 0 Å². The normalized spacial score (nSPS) is 15.5. The van der Waals surface area contributed by atoms with Gasteiger partial charge < -0.3 is 10.2 Å². The van der Waals surface area contributed by atoms with Crippen LogP contribution in [0.1, 0.15) is 60.8 Å². The van der Waals surface area contributed by atoms with Crippen molar-refractivity contribution in [2.75, 3.05) is 19.6 Å². The smallest absolute Gasteiger partial charge is 0.00436 e. The minimum Gasteiger partial charge on any atom is -0.312 e. The molecular formula is C15H34N2. The van der Waals surface area contributed by atoms with Crippen molar-refractivity contribution in [1.82, 2.24) is 10.2 Å². The van der Waals surface area contributed by atoms with Crippen molar-refractivity contribution in [3.8, 4) is 0 Å². The molecule has 0 aliphatic carbocycles. The van der Waals surface area contributed by atoms with E-state index >= 15 is 0 Å². The largest absolute Gasteiger partial charge is 0.312 e. The summed E-state index contributed by atoms with van der Waals surface area (Å²) in [5.74, 6) is 0.792. The molecule has 0 spiro atoms. The zero-order valence-electron chi connectivity index (χ0n) is 12.9. The fourth-order valence-corrected chi connectivity index (χ4v) is 2.51. The Bertz CT molecular complexity index is 164. The highest BCUT2D eigenvalue weighted by atomic mass is 15.1. The van der Waals surface area contributed by atoms with Gasteiger partial charge in [-0.3, -0.25) is 0 Å². The Morgan fingerprint density at radius 1 is 0.941 bits per heavy atom. The van der Waals surface area contributed by atoms with Crippen molar-refractivity contribution in [2.45, 2.75) is 72.9 Å². The lowest BCUT2D eigenvalue weighted by atomic mass is 10.0. The zero-order chi connectivity index (χ0) is 13.3. The van der Waals surface area contributed by atoms with Crippen LogP contribution in [0.3, 0.4) is 0 Å². The van der Waals surface area contributed by atoms with Crippen LogP contribution in [0.2, 0.25) is 0 Å². The summed E-state index contributed by atoms with van der Waals surface area (Å²) in [5.41, 5.74) is 0. The standard InChI is InChI=1S/C15H34N2/c1-7-17(8-2)11-9-10-14(5)16-15(6)12-13(3)4/h13-16H,7-12H2,1-6H3. The maximum absolute atomic E-state index is 3.70. The molecule has 0 aromatic heterocycles. The molecule has 0 rings (SSSR count). The molecule has 0 saturated heterocycles. The second-order valence-corrected chi connectivity index (χ2v) is 5.77. The maximum Gasteiger partial charge on any atom is 0.00436 e.